The summed E-state index contributed by atoms with van der Waals surface area (Å²) in [6, 6.07) is 9.11. The summed E-state index contributed by atoms with van der Waals surface area (Å²) in [5.41, 5.74) is 7.98. The zero-order valence-corrected chi connectivity index (χ0v) is 10.3. The summed E-state index contributed by atoms with van der Waals surface area (Å²) in [6.45, 7) is 1.80. The first-order valence-corrected chi connectivity index (χ1v) is 5.67. The van der Waals surface area contributed by atoms with E-state index in [-0.39, 0.29) is 23.0 Å². The van der Waals surface area contributed by atoms with Crippen LogP contribution < -0.4 is 11.1 Å². The fraction of sp³-hybridized carbons (Fsp3) is 0.0714. The number of phenolic OH excluding ortho intramolecular Hbond substituents is 2. The molecule has 98 valence electrons. The summed E-state index contributed by atoms with van der Waals surface area (Å²) in [4.78, 5) is 12.0. The molecule has 0 unspecified atom stereocenters. The van der Waals surface area contributed by atoms with Gasteiger partial charge in [0.15, 0.2) is 11.5 Å². The van der Waals surface area contributed by atoms with Gasteiger partial charge in [-0.2, -0.15) is 0 Å². The van der Waals surface area contributed by atoms with Crippen molar-refractivity contribution in [1.29, 1.82) is 0 Å². The van der Waals surface area contributed by atoms with E-state index in [0.717, 1.165) is 5.56 Å². The van der Waals surface area contributed by atoms with Crippen molar-refractivity contribution in [2.45, 2.75) is 6.92 Å². The van der Waals surface area contributed by atoms with Gasteiger partial charge in [0.25, 0.3) is 5.91 Å². The molecule has 5 heteroatoms. The second-order valence-corrected chi connectivity index (χ2v) is 4.18. The van der Waals surface area contributed by atoms with Crippen LogP contribution in [0.25, 0.3) is 0 Å². The molecule has 2 rings (SSSR count). The van der Waals surface area contributed by atoms with E-state index in [1.807, 2.05) is 0 Å². The molecule has 0 saturated carbocycles. The van der Waals surface area contributed by atoms with Gasteiger partial charge in [0, 0.05) is 16.9 Å². The van der Waals surface area contributed by atoms with Gasteiger partial charge in [-0.25, -0.2) is 0 Å². The van der Waals surface area contributed by atoms with Crippen molar-refractivity contribution >= 4 is 17.3 Å². The molecule has 0 fully saturated rings. The van der Waals surface area contributed by atoms with Crippen LogP contribution in [0, 0.1) is 6.92 Å². The predicted molar refractivity (Wildman–Crippen MR) is 73.3 cm³/mol. The number of aromatic hydroxyl groups is 2. The molecule has 0 aliphatic carbocycles. The third kappa shape index (κ3) is 2.60. The summed E-state index contributed by atoms with van der Waals surface area (Å²) in [5, 5.41) is 21.3. The van der Waals surface area contributed by atoms with E-state index in [1.165, 1.54) is 18.2 Å². The lowest BCUT2D eigenvalue weighted by atomic mass is 10.1. The Kier molecular flexibility index (Phi) is 3.29. The lowest BCUT2D eigenvalue weighted by Crippen LogP contribution is -2.13. The Balaban J connectivity index is 2.26. The van der Waals surface area contributed by atoms with Gasteiger partial charge < -0.3 is 21.3 Å². The number of benzene rings is 2. The summed E-state index contributed by atoms with van der Waals surface area (Å²) < 4.78 is 0. The number of carbonyl (C=O) groups is 1. The molecule has 1 amide bonds. The van der Waals surface area contributed by atoms with Crippen LogP contribution in [-0.4, -0.2) is 16.1 Å². The normalized spacial score (nSPS) is 10.2. The van der Waals surface area contributed by atoms with Crippen LogP contribution in [0.5, 0.6) is 11.5 Å². The van der Waals surface area contributed by atoms with E-state index >= 15 is 0 Å². The SMILES string of the molecule is Cc1c(N)cccc1NC(=O)c1ccc(O)c(O)c1. The third-order valence-electron chi connectivity index (χ3n) is 2.86. The van der Waals surface area contributed by atoms with Gasteiger partial charge in [0.1, 0.15) is 0 Å². The second kappa shape index (κ2) is 4.89. The molecular formula is C14H14N2O3. The predicted octanol–water partition coefficient (Wildman–Crippen LogP) is 2.24. The largest absolute Gasteiger partial charge is 0.504 e. The minimum atomic E-state index is -0.385. The molecule has 5 nitrogen and oxygen atoms in total. The maximum absolute atomic E-state index is 12.0. The van der Waals surface area contributed by atoms with Crippen molar-refractivity contribution < 1.29 is 15.0 Å². The number of nitrogen functional groups attached to an aromatic ring is 1. The Morgan fingerprint density at radius 1 is 1.16 bits per heavy atom. The van der Waals surface area contributed by atoms with Crippen molar-refractivity contribution in [2.75, 3.05) is 11.1 Å². The first kappa shape index (κ1) is 12.8. The molecule has 0 aliphatic rings. The average molecular weight is 258 g/mol. The lowest BCUT2D eigenvalue weighted by Gasteiger charge is -2.10. The molecule has 0 spiro atoms. The highest BCUT2D eigenvalue weighted by Gasteiger charge is 2.10. The molecule has 0 aromatic heterocycles. The van der Waals surface area contributed by atoms with Crippen molar-refractivity contribution in [3.8, 4) is 11.5 Å². The fourth-order valence-corrected chi connectivity index (χ4v) is 1.65. The number of nitrogens with one attached hydrogen (secondary N) is 1. The van der Waals surface area contributed by atoms with Crippen LogP contribution in [0.15, 0.2) is 36.4 Å². The summed E-state index contributed by atoms with van der Waals surface area (Å²) >= 11 is 0. The molecule has 5 N–H and O–H groups in total. The highest BCUT2D eigenvalue weighted by molar-refractivity contribution is 6.05. The zero-order valence-electron chi connectivity index (χ0n) is 10.3. The molecule has 19 heavy (non-hydrogen) atoms. The van der Waals surface area contributed by atoms with Crippen LogP contribution in [0.3, 0.4) is 0 Å². The topological polar surface area (TPSA) is 95.6 Å². The van der Waals surface area contributed by atoms with Crippen molar-refractivity contribution in [3.63, 3.8) is 0 Å². The van der Waals surface area contributed by atoms with Crippen LogP contribution in [0.2, 0.25) is 0 Å². The molecule has 0 saturated heterocycles. The quantitative estimate of drug-likeness (QED) is 0.490. The van der Waals surface area contributed by atoms with Gasteiger partial charge in [-0.05, 0) is 42.8 Å². The number of hydrogen-bond acceptors (Lipinski definition) is 4. The number of rotatable bonds is 2. The maximum atomic E-state index is 12.0. The first-order chi connectivity index (χ1) is 8.99. The lowest BCUT2D eigenvalue weighted by molar-refractivity contribution is 0.102. The minimum Gasteiger partial charge on any atom is -0.504 e. The van der Waals surface area contributed by atoms with Gasteiger partial charge in [-0.3, -0.25) is 4.79 Å². The molecule has 0 bridgehead atoms. The van der Waals surface area contributed by atoms with Crippen LogP contribution >= 0.6 is 0 Å². The van der Waals surface area contributed by atoms with Gasteiger partial charge in [-0.15, -0.1) is 0 Å². The first-order valence-electron chi connectivity index (χ1n) is 5.67. The Morgan fingerprint density at radius 2 is 1.89 bits per heavy atom. The Labute approximate surface area is 110 Å². The zero-order chi connectivity index (χ0) is 14.0. The van der Waals surface area contributed by atoms with E-state index in [4.69, 9.17) is 5.73 Å². The van der Waals surface area contributed by atoms with E-state index in [1.54, 1.807) is 25.1 Å². The highest BCUT2D eigenvalue weighted by atomic mass is 16.3. The monoisotopic (exact) mass is 258 g/mol. The van der Waals surface area contributed by atoms with E-state index in [0.29, 0.717) is 11.4 Å². The van der Waals surface area contributed by atoms with Gasteiger partial charge >= 0.3 is 0 Å². The fourth-order valence-electron chi connectivity index (χ4n) is 1.65. The van der Waals surface area contributed by atoms with E-state index in [2.05, 4.69) is 5.32 Å². The standard InChI is InChI=1S/C14H14N2O3/c1-8-10(15)3-2-4-11(8)16-14(19)9-5-6-12(17)13(18)7-9/h2-7,17-18H,15H2,1H3,(H,16,19). The smallest absolute Gasteiger partial charge is 0.255 e. The Morgan fingerprint density at radius 3 is 2.58 bits per heavy atom. The van der Waals surface area contributed by atoms with Gasteiger partial charge in [0.05, 0.1) is 0 Å². The van der Waals surface area contributed by atoms with Crippen LogP contribution in [0.4, 0.5) is 11.4 Å². The number of carbonyl (C=O) groups excluding carboxylic acids is 1. The summed E-state index contributed by atoms with van der Waals surface area (Å²) in [7, 11) is 0. The minimum absolute atomic E-state index is 0.247. The number of amides is 1. The van der Waals surface area contributed by atoms with Crippen molar-refractivity contribution in [3.05, 3.63) is 47.5 Å². The van der Waals surface area contributed by atoms with Gasteiger partial charge in [-0.1, -0.05) is 6.07 Å². The molecule has 2 aromatic rings. The average Bonchev–Trinajstić information content (AvgIpc) is 2.38. The molecule has 0 aliphatic heterocycles. The molecule has 0 atom stereocenters. The third-order valence-corrected chi connectivity index (χ3v) is 2.86. The number of nitrogens with two attached hydrogens (primary N) is 1. The highest BCUT2D eigenvalue weighted by Crippen LogP contribution is 2.26. The van der Waals surface area contributed by atoms with E-state index in [9.17, 15) is 15.0 Å². The van der Waals surface area contributed by atoms with Gasteiger partial charge in [0.2, 0.25) is 0 Å². The van der Waals surface area contributed by atoms with Crippen LogP contribution in [0.1, 0.15) is 15.9 Å². The second-order valence-electron chi connectivity index (χ2n) is 4.18. The summed E-state index contributed by atoms with van der Waals surface area (Å²) in [5.74, 6) is -0.988. The summed E-state index contributed by atoms with van der Waals surface area (Å²) in [6.07, 6.45) is 0. The van der Waals surface area contributed by atoms with E-state index < -0.39 is 0 Å². The Bertz CT molecular complexity index is 639. The van der Waals surface area contributed by atoms with Crippen LogP contribution in [-0.2, 0) is 0 Å². The number of hydrogen-bond donors (Lipinski definition) is 4. The molecule has 2 aromatic carbocycles. The maximum Gasteiger partial charge on any atom is 0.255 e. The molecular weight excluding hydrogens is 244 g/mol. The number of anilines is 2. The van der Waals surface area contributed by atoms with Crippen molar-refractivity contribution in [2.24, 2.45) is 0 Å². The Hall–Kier alpha value is -2.69. The molecule has 0 heterocycles. The number of phenols is 2. The molecule has 0 radical (unpaired) electrons. The van der Waals surface area contributed by atoms with Crippen molar-refractivity contribution in [1.82, 2.24) is 0 Å².